The third-order valence-corrected chi connectivity index (χ3v) is 15.6. The van der Waals surface area contributed by atoms with E-state index in [9.17, 15) is 14.7 Å². The maximum Gasteiger partial charge on any atom is 0.404 e. The lowest BCUT2D eigenvalue weighted by Gasteiger charge is -2.63. The van der Waals surface area contributed by atoms with Gasteiger partial charge in [-0.2, -0.15) is 0 Å². The molecule has 2 spiro atoms. The number of ether oxygens (including phenoxy) is 4. The van der Waals surface area contributed by atoms with Crippen LogP contribution in [0.1, 0.15) is 98.3 Å². The van der Waals surface area contributed by atoms with Crippen LogP contribution in [-0.4, -0.2) is 84.6 Å². The van der Waals surface area contributed by atoms with Crippen LogP contribution in [0.15, 0.2) is 0 Å². The van der Waals surface area contributed by atoms with Gasteiger partial charge in [0.15, 0.2) is 6.29 Å². The minimum atomic E-state index is -0.797. The fraction of sp³-hybridized carbons (Fsp3) is 0.944. The predicted octanol–water partition coefficient (Wildman–Crippen LogP) is 3.96. The highest BCUT2D eigenvalue weighted by Gasteiger charge is 2.85. The second-order valence-corrected chi connectivity index (χ2v) is 17.8. The van der Waals surface area contributed by atoms with Crippen molar-refractivity contribution in [2.24, 2.45) is 62.7 Å². The van der Waals surface area contributed by atoms with Crippen LogP contribution in [0.2, 0.25) is 0 Å². The van der Waals surface area contributed by atoms with E-state index in [0.717, 1.165) is 44.9 Å². The van der Waals surface area contributed by atoms with Crippen LogP contribution in [0.3, 0.4) is 0 Å². The molecule has 10 heteroatoms. The lowest BCUT2D eigenvalue weighted by Crippen LogP contribution is -2.70. The molecule has 8 rings (SSSR count). The average molecular weight is 644 g/mol. The lowest BCUT2D eigenvalue weighted by atomic mass is 9.43. The van der Waals surface area contributed by atoms with E-state index in [1.165, 1.54) is 19.3 Å². The molecule has 10 nitrogen and oxygen atoms in total. The summed E-state index contributed by atoms with van der Waals surface area (Å²) in [5.41, 5.74) is 12.3. The SMILES string of the molecule is C[C@@H]1C[C@H](COC(N)=O)O[C@H]2[C@H]1[C@@]1(C)CC[C@@]34C[C@@]35CC[C@H](O[C@H]3CN(C(=O)CC6CC6)CCO3)C(C)(C)[C@@H]5CC[C@H]4[C@]1(N)[C@H]2O. The van der Waals surface area contributed by atoms with Gasteiger partial charge in [-0.05, 0) is 115 Å². The van der Waals surface area contributed by atoms with Gasteiger partial charge in [-0.3, -0.25) is 4.79 Å². The fourth-order valence-electron chi connectivity index (χ4n) is 13.3. The van der Waals surface area contributed by atoms with Crippen LogP contribution in [0.4, 0.5) is 4.79 Å². The molecule has 13 atom stereocenters. The van der Waals surface area contributed by atoms with Crippen LogP contribution in [0.25, 0.3) is 0 Å². The smallest absolute Gasteiger partial charge is 0.404 e. The summed E-state index contributed by atoms with van der Waals surface area (Å²) in [6, 6.07) is 0. The molecule has 2 aliphatic heterocycles. The first-order chi connectivity index (χ1) is 21.8. The molecule has 0 unspecified atom stereocenters. The van der Waals surface area contributed by atoms with E-state index < -0.39 is 17.7 Å². The highest BCUT2D eigenvalue weighted by atomic mass is 16.7. The summed E-state index contributed by atoms with van der Waals surface area (Å²) in [6.45, 7) is 11.2. The number of morpholine rings is 1. The van der Waals surface area contributed by atoms with Crippen molar-refractivity contribution in [3.05, 3.63) is 0 Å². The minimum absolute atomic E-state index is 0.0353. The summed E-state index contributed by atoms with van der Waals surface area (Å²) in [4.78, 5) is 26.1. The van der Waals surface area contributed by atoms with Gasteiger partial charge in [0.2, 0.25) is 5.91 Å². The largest absolute Gasteiger partial charge is 0.447 e. The number of hydrogen-bond donors (Lipinski definition) is 3. The van der Waals surface area contributed by atoms with Gasteiger partial charge in [0.1, 0.15) is 6.61 Å². The molecule has 46 heavy (non-hydrogen) atoms. The van der Waals surface area contributed by atoms with Crippen molar-refractivity contribution in [3.63, 3.8) is 0 Å². The zero-order valence-electron chi connectivity index (χ0n) is 28.4. The van der Waals surface area contributed by atoms with Gasteiger partial charge < -0.3 is 40.4 Å². The van der Waals surface area contributed by atoms with Gasteiger partial charge in [-0.15, -0.1) is 0 Å². The van der Waals surface area contributed by atoms with Crippen LogP contribution >= 0.6 is 0 Å². The second kappa shape index (κ2) is 10.5. The van der Waals surface area contributed by atoms with Crippen molar-refractivity contribution in [2.45, 2.75) is 135 Å². The number of hydrogen-bond acceptors (Lipinski definition) is 8. The Hall–Kier alpha value is -1.46. The van der Waals surface area contributed by atoms with Gasteiger partial charge >= 0.3 is 6.09 Å². The average Bonchev–Trinajstić information content (AvgIpc) is 3.93. The first kappa shape index (κ1) is 31.8. The minimum Gasteiger partial charge on any atom is -0.447 e. The molecular weight excluding hydrogens is 586 g/mol. The number of rotatable bonds is 6. The van der Waals surface area contributed by atoms with Crippen LogP contribution in [0.5, 0.6) is 0 Å². The van der Waals surface area contributed by atoms with Crippen molar-refractivity contribution < 1.29 is 33.6 Å². The van der Waals surface area contributed by atoms with E-state index in [0.29, 0.717) is 38.0 Å². The number of nitrogens with two attached hydrogens (primary N) is 2. The molecule has 0 bridgehead atoms. The number of amides is 2. The molecule has 258 valence electrons. The van der Waals surface area contributed by atoms with Crippen LogP contribution in [-0.2, 0) is 23.7 Å². The standard InChI is InChI=1S/C36H57N3O7/c1-20-15-22(18-44-31(37)42)45-29-28(20)33(4)11-12-35-19-34(35)10-9-25(32(2,3)23(34)7-8-24(35)36(33,38)30(29)41)46-27-17-39(13-14-43-27)26(40)16-21-5-6-21/h20-25,27-30,41H,5-19,38H2,1-4H3,(H2,37,42)/t20-,22-,23+,24-,25+,27+,28+,29+,30+,33-,34-,35+,36+/m1/s1. The van der Waals surface area contributed by atoms with Crippen LogP contribution in [0, 0.1) is 51.2 Å². The maximum atomic E-state index is 12.9. The Balaban J connectivity index is 0.995. The fourth-order valence-corrected chi connectivity index (χ4v) is 13.3. The van der Waals surface area contributed by atoms with Crippen molar-refractivity contribution in [1.29, 1.82) is 0 Å². The molecule has 5 N–H and O–H groups in total. The number of nitrogens with zero attached hydrogens (tertiary/aromatic N) is 1. The topological polar surface area (TPSA) is 147 Å². The highest BCUT2D eigenvalue weighted by molar-refractivity contribution is 5.76. The van der Waals surface area contributed by atoms with E-state index in [2.05, 4.69) is 27.7 Å². The highest BCUT2D eigenvalue weighted by Crippen LogP contribution is 2.87. The van der Waals surface area contributed by atoms with Gasteiger partial charge in [0, 0.05) is 13.0 Å². The van der Waals surface area contributed by atoms with Crippen molar-refractivity contribution in [3.8, 4) is 0 Å². The number of aliphatic hydroxyl groups is 1. The van der Waals surface area contributed by atoms with E-state index in [1.54, 1.807) is 0 Å². The Kier molecular flexibility index (Phi) is 7.27. The quantitative estimate of drug-likeness (QED) is 0.394. The van der Waals surface area contributed by atoms with Crippen LogP contribution < -0.4 is 11.5 Å². The summed E-state index contributed by atoms with van der Waals surface area (Å²) in [6.07, 6.45) is 8.86. The molecule has 8 fully saturated rings. The van der Waals surface area contributed by atoms with Gasteiger partial charge in [-0.25, -0.2) is 4.79 Å². The maximum absolute atomic E-state index is 12.9. The summed E-state index contributed by atoms with van der Waals surface area (Å²) in [5.74, 6) is 2.05. The number of carbonyl (C=O) groups excluding carboxylic acids is 2. The molecule has 2 saturated heterocycles. The lowest BCUT2D eigenvalue weighted by molar-refractivity contribution is -0.245. The molecule has 0 radical (unpaired) electrons. The number of carbonyl (C=O) groups is 2. The summed E-state index contributed by atoms with van der Waals surface area (Å²) in [5, 5.41) is 12.2. The first-order valence-electron chi connectivity index (χ1n) is 18.4. The van der Waals surface area contributed by atoms with E-state index in [4.69, 9.17) is 30.4 Å². The molecule has 0 aromatic carbocycles. The molecule has 8 aliphatic rings. The molecule has 2 amide bonds. The zero-order chi connectivity index (χ0) is 32.4. The molecule has 0 aromatic heterocycles. The normalized spacial score (nSPS) is 52.0. The Morgan fingerprint density at radius 3 is 2.50 bits per heavy atom. The van der Waals surface area contributed by atoms with Gasteiger partial charge in [0.05, 0.1) is 43.1 Å². The van der Waals surface area contributed by atoms with Crippen molar-refractivity contribution in [1.82, 2.24) is 4.90 Å². The summed E-state index contributed by atoms with van der Waals surface area (Å²) >= 11 is 0. The summed E-state index contributed by atoms with van der Waals surface area (Å²) in [7, 11) is 0. The monoisotopic (exact) mass is 643 g/mol. The first-order valence-corrected chi connectivity index (χ1v) is 18.4. The van der Waals surface area contributed by atoms with Crippen molar-refractivity contribution >= 4 is 12.0 Å². The Labute approximate surface area is 273 Å². The third kappa shape index (κ3) is 4.31. The van der Waals surface area contributed by atoms with Crippen molar-refractivity contribution in [2.75, 3.05) is 26.3 Å². The number of primary amides is 1. The molecule has 2 heterocycles. The number of aliphatic hydroxyl groups excluding tert-OH is 1. The Morgan fingerprint density at radius 2 is 1.76 bits per heavy atom. The Morgan fingerprint density at radius 1 is 1.02 bits per heavy atom. The molecule has 6 aliphatic carbocycles. The van der Waals surface area contributed by atoms with Gasteiger partial charge in [-0.1, -0.05) is 27.7 Å². The third-order valence-electron chi connectivity index (χ3n) is 15.6. The van der Waals surface area contributed by atoms with Gasteiger partial charge in [0.25, 0.3) is 0 Å². The second-order valence-electron chi connectivity index (χ2n) is 17.8. The van der Waals surface area contributed by atoms with E-state index in [1.807, 2.05) is 4.90 Å². The molecular formula is C36H57N3O7. The van der Waals surface area contributed by atoms with E-state index in [-0.39, 0.29) is 76.5 Å². The summed E-state index contributed by atoms with van der Waals surface area (Å²) < 4.78 is 24.6. The molecule has 6 saturated carbocycles. The van der Waals surface area contributed by atoms with E-state index >= 15 is 0 Å². The zero-order valence-corrected chi connectivity index (χ0v) is 28.4. The molecule has 0 aromatic rings. The predicted molar refractivity (Wildman–Crippen MR) is 169 cm³/mol. The number of fused-ring (bicyclic) bond motifs is 4. The Bertz CT molecular complexity index is 1260.